The molecule has 2 rings (SSSR count). The van der Waals surface area contributed by atoms with Crippen molar-refractivity contribution in [1.29, 1.82) is 0 Å². The van der Waals surface area contributed by atoms with Crippen molar-refractivity contribution in [2.75, 3.05) is 0 Å². The molecular formula is C15H15Cl. The summed E-state index contributed by atoms with van der Waals surface area (Å²) in [7, 11) is 0. The molecule has 0 aliphatic rings. The quantitative estimate of drug-likeness (QED) is 0.690. The number of hydrogen-bond acceptors (Lipinski definition) is 0. The molecule has 0 aliphatic carbocycles. The van der Waals surface area contributed by atoms with Gasteiger partial charge in [-0.05, 0) is 47.7 Å². The molecule has 0 heterocycles. The van der Waals surface area contributed by atoms with E-state index < -0.39 is 0 Å². The first-order valence-electron chi connectivity index (χ1n) is 5.56. The average molecular weight is 231 g/mol. The molecule has 0 aliphatic heterocycles. The zero-order valence-electron chi connectivity index (χ0n) is 9.63. The molecule has 0 fully saturated rings. The Morgan fingerprint density at radius 2 is 1.56 bits per heavy atom. The molecule has 0 atom stereocenters. The van der Waals surface area contributed by atoms with E-state index in [1.807, 2.05) is 12.1 Å². The number of benzene rings is 2. The van der Waals surface area contributed by atoms with Crippen molar-refractivity contribution in [3.05, 3.63) is 58.6 Å². The SMILES string of the molecule is CCc1cc(-c2ccc(Cl)cc2)ccc1C. The lowest BCUT2D eigenvalue weighted by molar-refractivity contribution is 1.11. The van der Waals surface area contributed by atoms with Gasteiger partial charge in [0.15, 0.2) is 0 Å². The van der Waals surface area contributed by atoms with E-state index in [-0.39, 0.29) is 0 Å². The van der Waals surface area contributed by atoms with Crippen LogP contribution in [0.3, 0.4) is 0 Å². The van der Waals surface area contributed by atoms with Gasteiger partial charge in [-0.15, -0.1) is 0 Å². The Bertz CT molecular complexity index is 483. The third kappa shape index (κ3) is 2.28. The molecule has 0 nitrogen and oxygen atoms in total. The van der Waals surface area contributed by atoms with Crippen LogP contribution in [0, 0.1) is 6.92 Å². The first kappa shape index (κ1) is 11.2. The van der Waals surface area contributed by atoms with Gasteiger partial charge >= 0.3 is 0 Å². The van der Waals surface area contributed by atoms with Gasteiger partial charge < -0.3 is 0 Å². The van der Waals surface area contributed by atoms with Crippen molar-refractivity contribution in [3.8, 4) is 11.1 Å². The van der Waals surface area contributed by atoms with Gasteiger partial charge in [0.1, 0.15) is 0 Å². The molecule has 0 saturated carbocycles. The summed E-state index contributed by atoms with van der Waals surface area (Å²) in [6, 6.07) is 14.6. The highest BCUT2D eigenvalue weighted by Crippen LogP contribution is 2.24. The Balaban J connectivity index is 2.44. The zero-order valence-corrected chi connectivity index (χ0v) is 10.4. The standard InChI is InChI=1S/C15H15Cl/c1-3-12-10-14(5-4-11(12)2)13-6-8-15(16)9-7-13/h4-10H,3H2,1-2H3. The Labute approximate surface area is 102 Å². The van der Waals surface area contributed by atoms with Crippen molar-refractivity contribution >= 4 is 11.6 Å². The maximum atomic E-state index is 5.88. The summed E-state index contributed by atoms with van der Waals surface area (Å²) in [5.41, 5.74) is 5.26. The molecule has 0 aromatic heterocycles. The van der Waals surface area contributed by atoms with Gasteiger partial charge in [-0.25, -0.2) is 0 Å². The van der Waals surface area contributed by atoms with E-state index in [1.54, 1.807) is 0 Å². The van der Waals surface area contributed by atoms with Gasteiger partial charge in [0, 0.05) is 5.02 Å². The summed E-state index contributed by atoms with van der Waals surface area (Å²) in [5.74, 6) is 0. The molecule has 0 N–H and O–H groups in total. The molecule has 0 radical (unpaired) electrons. The van der Waals surface area contributed by atoms with Gasteiger partial charge in [-0.1, -0.05) is 48.9 Å². The Hall–Kier alpha value is -1.27. The summed E-state index contributed by atoms with van der Waals surface area (Å²) in [6.07, 6.45) is 1.08. The van der Waals surface area contributed by atoms with Crippen molar-refractivity contribution in [1.82, 2.24) is 0 Å². The fourth-order valence-corrected chi connectivity index (χ4v) is 2.00. The molecule has 0 saturated heterocycles. The third-order valence-corrected chi connectivity index (χ3v) is 3.16. The number of halogens is 1. The van der Waals surface area contributed by atoms with Crippen LogP contribution in [0.15, 0.2) is 42.5 Å². The summed E-state index contributed by atoms with van der Waals surface area (Å²) < 4.78 is 0. The van der Waals surface area contributed by atoms with Crippen LogP contribution in [-0.4, -0.2) is 0 Å². The Morgan fingerprint density at radius 3 is 2.19 bits per heavy atom. The van der Waals surface area contributed by atoms with E-state index in [1.165, 1.54) is 22.3 Å². The van der Waals surface area contributed by atoms with Crippen LogP contribution >= 0.6 is 11.6 Å². The second-order valence-corrected chi connectivity index (χ2v) is 4.44. The van der Waals surface area contributed by atoms with E-state index in [0.717, 1.165) is 11.4 Å². The van der Waals surface area contributed by atoms with Gasteiger partial charge in [0.05, 0.1) is 0 Å². The van der Waals surface area contributed by atoms with E-state index >= 15 is 0 Å². The number of aryl methyl sites for hydroxylation is 2. The first-order valence-corrected chi connectivity index (χ1v) is 5.94. The molecule has 2 aromatic rings. The maximum absolute atomic E-state index is 5.88. The van der Waals surface area contributed by atoms with Crippen LogP contribution < -0.4 is 0 Å². The minimum absolute atomic E-state index is 0.784. The topological polar surface area (TPSA) is 0 Å². The normalized spacial score (nSPS) is 10.4. The Kier molecular flexibility index (Phi) is 3.31. The molecule has 0 spiro atoms. The minimum atomic E-state index is 0.784. The van der Waals surface area contributed by atoms with Gasteiger partial charge in [0.25, 0.3) is 0 Å². The number of hydrogen-bond donors (Lipinski definition) is 0. The maximum Gasteiger partial charge on any atom is 0.0406 e. The van der Waals surface area contributed by atoms with E-state index in [2.05, 4.69) is 44.2 Å². The highest BCUT2D eigenvalue weighted by molar-refractivity contribution is 6.30. The molecule has 16 heavy (non-hydrogen) atoms. The van der Waals surface area contributed by atoms with Crippen molar-refractivity contribution in [2.24, 2.45) is 0 Å². The molecule has 82 valence electrons. The highest BCUT2D eigenvalue weighted by atomic mass is 35.5. The van der Waals surface area contributed by atoms with Crippen LogP contribution in [-0.2, 0) is 6.42 Å². The molecule has 1 heteroatoms. The van der Waals surface area contributed by atoms with E-state index in [0.29, 0.717) is 0 Å². The molecule has 2 aromatic carbocycles. The van der Waals surface area contributed by atoms with Crippen molar-refractivity contribution in [3.63, 3.8) is 0 Å². The lowest BCUT2D eigenvalue weighted by atomic mass is 9.98. The smallest absolute Gasteiger partial charge is 0.0406 e. The second kappa shape index (κ2) is 4.71. The first-order chi connectivity index (χ1) is 7.70. The van der Waals surface area contributed by atoms with Gasteiger partial charge in [0.2, 0.25) is 0 Å². The fraction of sp³-hybridized carbons (Fsp3) is 0.200. The van der Waals surface area contributed by atoms with Crippen molar-refractivity contribution < 1.29 is 0 Å². The molecule has 0 amide bonds. The summed E-state index contributed by atoms with van der Waals surface area (Å²) >= 11 is 5.88. The Morgan fingerprint density at radius 1 is 0.938 bits per heavy atom. The highest BCUT2D eigenvalue weighted by Gasteiger charge is 2.01. The van der Waals surface area contributed by atoms with E-state index in [9.17, 15) is 0 Å². The number of rotatable bonds is 2. The summed E-state index contributed by atoms with van der Waals surface area (Å²) in [5, 5.41) is 0.784. The summed E-state index contributed by atoms with van der Waals surface area (Å²) in [6.45, 7) is 4.35. The largest absolute Gasteiger partial charge is 0.0843 e. The van der Waals surface area contributed by atoms with Crippen LogP contribution in [0.5, 0.6) is 0 Å². The van der Waals surface area contributed by atoms with Gasteiger partial charge in [-0.3, -0.25) is 0 Å². The average Bonchev–Trinajstić information content (AvgIpc) is 2.31. The molecular weight excluding hydrogens is 216 g/mol. The predicted octanol–water partition coefficient (Wildman–Crippen LogP) is 4.88. The molecule has 0 unspecified atom stereocenters. The second-order valence-electron chi connectivity index (χ2n) is 4.00. The predicted molar refractivity (Wildman–Crippen MR) is 71.0 cm³/mol. The van der Waals surface area contributed by atoms with E-state index in [4.69, 9.17) is 11.6 Å². The van der Waals surface area contributed by atoms with Crippen LogP contribution in [0.4, 0.5) is 0 Å². The lowest BCUT2D eigenvalue weighted by Gasteiger charge is -2.07. The molecule has 0 bridgehead atoms. The van der Waals surface area contributed by atoms with Crippen LogP contribution in [0.2, 0.25) is 5.02 Å². The van der Waals surface area contributed by atoms with Gasteiger partial charge in [-0.2, -0.15) is 0 Å². The third-order valence-electron chi connectivity index (χ3n) is 2.91. The minimum Gasteiger partial charge on any atom is -0.0843 e. The summed E-state index contributed by atoms with van der Waals surface area (Å²) in [4.78, 5) is 0. The van der Waals surface area contributed by atoms with Crippen molar-refractivity contribution in [2.45, 2.75) is 20.3 Å². The van der Waals surface area contributed by atoms with Crippen LogP contribution in [0.25, 0.3) is 11.1 Å². The zero-order chi connectivity index (χ0) is 11.5. The lowest BCUT2D eigenvalue weighted by Crippen LogP contribution is -1.87. The monoisotopic (exact) mass is 230 g/mol. The fourth-order valence-electron chi connectivity index (χ4n) is 1.87. The van der Waals surface area contributed by atoms with Crippen LogP contribution in [0.1, 0.15) is 18.1 Å².